The molecule has 3 aromatic rings. The maximum atomic E-state index is 12.7. The van der Waals surface area contributed by atoms with Crippen molar-refractivity contribution in [3.05, 3.63) is 58.2 Å². The Labute approximate surface area is 213 Å². The number of aliphatic hydroxyl groups excluding tert-OH is 1. The minimum absolute atomic E-state index is 0.109. The van der Waals surface area contributed by atoms with Gasteiger partial charge in [-0.2, -0.15) is 5.26 Å². The first-order chi connectivity index (χ1) is 17.2. The Kier molecular flexibility index (Phi) is 5.94. The number of fused-ring (bicyclic) bond motifs is 1. The quantitative estimate of drug-likeness (QED) is 0.477. The molecule has 0 saturated carbocycles. The number of halogens is 1. The third-order valence-electron chi connectivity index (χ3n) is 6.56. The van der Waals surface area contributed by atoms with Gasteiger partial charge >= 0.3 is 0 Å². The van der Waals surface area contributed by atoms with Gasteiger partial charge in [0.2, 0.25) is 5.95 Å². The number of methoxy groups -OCH3 is 1. The van der Waals surface area contributed by atoms with Crippen molar-refractivity contribution >= 4 is 34.8 Å². The van der Waals surface area contributed by atoms with Crippen molar-refractivity contribution in [2.24, 2.45) is 0 Å². The van der Waals surface area contributed by atoms with Crippen LogP contribution in [-0.4, -0.2) is 58.7 Å². The van der Waals surface area contributed by atoms with Crippen LogP contribution in [0.4, 0.5) is 17.3 Å². The van der Waals surface area contributed by atoms with Crippen molar-refractivity contribution in [3.8, 4) is 23.1 Å². The molecule has 36 heavy (non-hydrogen) atoms. The van der Waals surface area contributed by atoms with Crippen LogP contribution in [0.5, 0.6) is 5.75 Å². The molecule has 1 aromatic heterocycles. The van der Waals surface area contributed by atoms with Crippen LogP contribution in [-0.2, 0) is 5.41 Å². The first kappa shape index (κ1) is 23.9. The number of rotatable bonds is 5. The molecule has 9 nitrogen and oxygen atoms in total. The summed E-state index contributed by atoms with van der Waals surface area (Å²) in [5, 5.41) is 25.9. The third-order valence-corrected chi connectivity index (χ3v) is 6.87. The highest BCUT2D eigenvalue weighted by atomic mass is 35.5. The van der Waals surface area contributed by atoms with E-state index in [0.717, 1.165) is 23.4 Å². The van der Waals surface area contributed by atoms with Crippen molar-refractivity contribution in [2.45, 2.75) is 25.4 Å². The molecule has 0 bridgehead atoms. The molecule has 184 valence electrons. The van der Waals surface area contributed by atoms with Crippen LogP contribution in [0.25, 0.3) is 11.3 Å². The zero-order valence-electron chi connectivity index (χ0n) is 20.1. The lowest BCUT2D eigenvalue weighted by Gasteiger charge is -2.36. The van der Waals surface area contributed by atoms with E-state index in [4.69, 9.17) is 16.3 Å². The summed E-state index contributed by atoms with van der Waals surface area (Å²) in [6.07, 6.45) is 1.13. The van der Waals surface area contributed by atoms with Crippen LogP contribution >= 0.6 is 11.6 Å². The molecule has 3 N–H and O–H groups in total. The van der Waals surface area contributed by atoms with Gasteiger partial charge in [-0.15, -0.1) is 0 Å². The highest BCUT2D eigenvalue weighted by Gasteiger charge is 2.33. The lowest BCUT2D eigenvalue weighted by atomic mass is 9.85. The summed E-state index contributed by atoms with van der Waals surface area (Å²) in [5.41, 5.74) is 4.68. The van der Waals surface area contributed by atoms with E-state index in [2.05, 4.69) is 46.6 Å². The number of carbonyl (C=O) groups is 1. The number of β-amino-alcohol motifs (C(OH)–C–C–N with tert-alkyl or cyclic N) is 1. The summed E-state index contributed by atoms with van der Waals surface area (Å²) >= 11 is 6.44. The summed E-state index contributed by atoms with van der Waals surface area (Å²) in [6, 6.07) is 11.1. The normalized spacial score (nSPS) is 15.9. The number of amides is 1. The van der Waals surface area contributed by atoms with Gasteiger partial charge in [0.1, 0.15) is 11.8 Å². The van der Waals surface area contributed by atoms with Gasteiger partial charge in [0, 0.05) is 36.8 Å². The number of nitrogens with one attached hydrogen (secondary N) is 2. The zero-order chi connectivity index (χ0) is 25.6. The van der Waals surface area contributed by atoms with Crippen molar-refractivity contribution in [3.63, 3.8) is 0 Å². The molecule has 5 rings (SSSR count). The standard InChI is InChI=1S/C26H25ClN6O3/c1-26(2)13-30-23-15(10-28)6-14(7-18(23)26)20-4-5-29-25(31-20)32-21-9-19(27)17(8-22(21)36-3)24(35)33-11-16(34)12-33/h4-9,16,30,34H,11-13H2,1-3H3,(H,29,31,32). The molecule has 0 atom stereocenters. The minimum Gasteiger partial charge on any atom is -0.495 e. The molecule has 2 aromatic carbocycles. The van der Waals surface area contributed by atoms with Gasteiger partial charge in [-0.25, -0.2) is 9.97 Å². The van der Waals surface area contributed by atoms with E-state index in [1.54, 1.807) is 24.4 Å². The van der Waals surface area contributed by atoms with E-state index < -0.39 is 6.10 Å². The van der Waals surface area contributed by atoms with Gasteiger partial charge in [0.25, 0.3) is 5.91 Å². The maximum Gasteiger partial charge on any atom is 0.255 e. The molecule has 0 aliphatic carbocycles. The van der Waals surface area contributed by atoms with E-state index >= 15 is 0 Å². The molecule has 2 aliphatic heterocycles. The molecule has 0 unspecified atom stereocenters. The Morgan fingerprint density at radius 2 is 2.11 bits per heavy atom. The number of nitrogens with zero attached hydrogens (tertiary/aromatic N) is 4. The topological polar surface area (TPSA) is 123 Å². The number of likely N-dealkylation sites (tertiary alicyclic amines) is 1. The Morgan fingerprint density at radius 1 is 1.33 bits per heavy atom. The van der Waals surface area contributed by atoms with Crippen molar-refractivity contribution in [1.29, 1.82) is 5.26 Å². The number of hydrogen-bond donors (Lipinski definition) is 3. The summed E-state index contributed by atoms with van der Waals surface area (Å²) in [5.74, 6) is 0.439. The molecule has 10 heteroatoms. The summed E-state index contributed by atoms with van der Waals surface area (Å²) in [6.45, 7) is 5.59. The lowest BCUT2D eigenvalue weighted by Crippen LogP contribution is -2.53. The average molecular weight is 505 g/mol. The fraction of sp³-hybridized carbons (Fsp3) is 0.308. The van der Waals surface area contributed by atoms with Crippen LogP contribution in [0.1, 0.15) is 35.3 Å². The molecule has 0 radical (unpaired) electrons. The first-order valence-electron chi connectivity index (χ1n) is 11.5. The van der Waals surface area contributed by atoms with Gasteiger partial charge in [-0.05, 0) is 35.9 Å². The Bertz CT molecular complexity index is 1410. The van der Waals surface area contributed by atoms with E-state index in [-0.39, 0.29) is 29.4 Å². The van der Waals surface area contributed by atoms with Crippen LogP contribution in [0.2, 0.25) is 5.02 Å². The van der Waals surface area contributed by atoms with E-state index in [1.165, 1.54) is 12.0 Å². The molecule has 3 heterocycles. The second-order valence-electron chi connectivity index (χ2n) is 9.58. The molecule has 1 saturated heterocycles. The predicted molar refractivity (Wildman–Crippen MR) is 137 cm³/mol. The van der Waals surface area contributed by atoms with Crippen molar-refractivity contribution < 1.29 is 14.6 Å². The molecule has 0 spiro atoms. The molecular weight excluding hydrogens is 480 g/mol. The fourth-order valence-corrected chi connectivity index (χ4v) is 4.73. The number of ether oxygens (including phenoxy) is 1. The lowest BCUT2D eigenvalue weighted by molar-refractivity contribution is 0.00589. The third kappa shape index (κ3) is 4.19. The van der Waals surface area contributed by atoms with Gasteiger partial charge in [0.05, 0.1) is 46.4 Å². The fourth-order valence-electron chi connectivity index (χ4n) is 4.48. The Hall–Kier alpha value is -3.87. The van der Waals surface area contributed by atoms with Crippen molar-refractivity contribution in [1.82, 2.24) is 14.9 Å². The zero-order valence-corrected chi connectivity index (χ0v) is 20.8. The second kappa shape index (κ2) is 8.97. The number of aliphatic hydroxyl groups is 1. The average Bonchev–Trinajstić information content (AvgIpc) is 3.16. The summed E-state index contributed by atoms with van der Waals surface area (Å²) < 4.78 is 5.49. The van der Waals surface area contributed by atoms with Crippen LogP contribution < -0.4 is 15.4 Å². The number of anilines is 3. The van der Waals surface area contributed by atoms with Crippen LogP contribution in [0.3, 0.4) is 0 Å². The molecule has 1 amide bonds. The van der Waals surface area contributed by atoms with Gasteiger partial charge in [-0.3, -0.25) is 4.79 Å². The predicted octanol–water partition coefficient (Wildman–Crippen LogP) is 3.94. The monoisotopic (exact) mass is 504 g/mol. The number of benzene rings is 2. The van der Waals surface area contributed by atoms with Gasteiger partial charge < -0.3 is 25.4 Å². The number of aromatic nitrogens is 2. The Balaban J connectivity index is 1.46. The largest absolute Gasteiger partial charge is 0.495 e. The van der Waals surface area contributed by atoms with Gasteiger partial charge in [-0.1, -0.05) is 25.4 Å². The molecular formula is C26H25ClN6O3. The number of hydrogen-bond acceptors (Lipinski definition) is 8. The SMILES string of the molecule is COc1cc(C(=O)N2CC(O)C2)c(Cl)cc1Nc1nccc(-c2cc(C#N)c3c(c2)C(C)(C)CN3)n1. The minimum atomic E-state index is -0.503. The van der Waals surface area contributed by atoms with E-state index in [1.807, 2.05) is 6.07 Å². The highest BCUT2D eigenvalue weighted by Crippen LogP contribution is 2.41. The first-order valence-corrected chi connectivity index (χ1v) is 11.9. The second-order valence-corrected chi connectivity index (χ2v) is 9.99. The molecule has 1 fully saturated rings. The van der Waals surface area contributed by atoms with Crippen molar-refractivity contribution in [2.75, 3.05) is 37.4 Å². The highest BCUT2D eigenvalue weighted by molar-refractivity contribution is 6.34. The van der Waals surface area contributed by atoms with E-state index in [9.17, 15) is 15.2 Å². The summed E-state index contributed by atoms with van der Waals surface area (Å²) in [4.78, 5) is 23.2. The molecule has 2 aliphatic rings. The smallest absolute Gasteiger partial charge is 0.255 e. The summed E-state index contributed by atoms with van der Waals surface area (Å²) in [7, 11) is 1.50. The number of carbonyl (C=O) groups excluding carboxylic acids is 1. The maximum absolute atomic E-state index is 12.7. The Morgan fingerprint density at radius 3 is 2.81 bits per heavy atom. The van der Waals surface area contributed by atoms with Crippen LogP contribution in [0.15, 0.2) is 36.5 Å². The van der Waals surface area contributed by atoms with Crippen LogP contribution in [0, 0.1) is 11.3 Å². The van der Waals surface area contributed by atoms with E-state index in [0.29, 0.717) is 34.2 Å². The number of nitriles is 1. The van der Waals surface area contributed by atoms with Gasteiger partial charge in [0.15, 0.2) is 0 Å².